The lowest BCUT2D eigenvalue weighted by Crippen LogP contribution is -2.24. The number of hydrogen-bond donors (Lipinski definition) is 1. The van der Waals surface area contributed by atoms with E-state index in [4.69, 9.17) is 11.6 Å². The molecular weight excluding hydrogens is 210 g/mol. The summed E-state index contributed by atoms with van der Waals surface area (Å²) in [5.74, 6) is -0.0252. The van der Waals surface area contributed by atoms with Gasteiger partial charge in [-0.1, -0.05) is 31.4 Å². The van der Waals surface area contributed by atoms with E-state index in [9.17, 15) is 4.79 Å². The van der Waals surface area contributed by atoms with Crippen LogP contribution < -0.4 is 5.32 Å². The molecule has 15 heavy (non-hydrogen) atoms. The van der Waals surface area contributed by atoms with Crippen LogP contribution in [0.2, 0.25) is 5.02 Å². The molecule has 1 N–H and O–H groups in total. The van der Waals surface area contributed by atoms with E-state index in [2.05, 4.69) is 12.2 Å². The average Bonchev–Trinajstić information content (AvgIpc) is 2.25. The highest BCUT2D eigenvalue weighted by Crippen LogP contribution is 2.09. The zero-order valence-corrected chi connectivity index (χ0v) is 9.68. The van der Waals surface area contributed by atoms with E-state index in [-0.39, 0.29) is 5.91 Å². The monoisotopic (exact) mass is 225 g/mol. The molecule has 0 unspecified atom stereocenters. The third-order valence-corrected chi connectivity index (χ3v) is 2.42. The molecule has 1 aromatic carbocycles. The van der Waals surface area contributed by atoms with Crippen molar-refractivity contribution in [1.29, 1.82) is 0 Å². The van der Waals surface area contributed by atoms with Gasteiger partial charge in [0.15, 0.2) is 0 Å². The highest BCUT2D eigenvalue weighted by molar-refractivity contribution is 6.30. The standard InChI is InChI=1S/C12H16ClNO/c1-2-3-4-9-14-12(15)10-5-7-11(13)8-6-10/h5-8H,2-4,9H2,1H3,(H,14,15). The molecule has 0 aromatic heterocycles. The van der Waals surface area contributed by atoms with Crippen LogP contribution in [0.3, 0.4) is 0 Å². The van der Waals surface area contributed by atoms with Gasteiger partial charge in [0, 0.05) is 17.1 Å². The van der Waals surface area contributed by atoms with Crippen LogP contribution in [0.4, 0.5) is 0 Å². The Labute approximate surface area is 95.6 Å². The molecule has 0 radical (unpaired) electrons. The molecule has 2 nitrogen and oxygen atoms in total. The molecule has 1 aromatic rings. The molecule has 0 saturated heterocycles. The molecule has 0 aliphatic carbocycles. The fraction of sp³-hybridized carbons (Fsp3) is 0.417. The number of halogens is 1. The summed E-state index contributed by atoms with van der Waals surface area (Å²) in [6.45, 7) is 2.89. The summed E-state index contributed by atoms with van der Waals surface area (Å²) in [4.78, 5) is 11.6. The maximum Gasteiger partial charge on any atom is 0.251 e. The topological polar surface area (TPSA) is 29.1 Å². The van der Waals surface area contributed by atoms with E-state index in [1.165, 1.54) is 0 Å². The summed E-state index contributed by atoms with van der Waals surface area (Å²) in [7, 11) is 0. The first kappa shape index (κ1) is 12.1. The Morgan fingerprint density at radius 2 is 1.93 bits per heavy atom. The van der Waals surface area contributed by atoms with Crippen molar-refractivity contribution >= 4 is 17.5 Å². The minimum atomic E-state index is -0.0252. The van der Waals surface area contributed by atoms with Gasteiger partial charge in [-0.15, -0.1) is 0 Å². The zero-order chi connectivity index (χ0) is 11.1. The van der Waals surface area contributed by atoms with Crippen molar-refractivity contribution in [1.82, 2.24) is 5.32 Å². The second kappa shape index (κ2) is 6.46. The number of nitrogens with one attached hydrogen (secondary N) is 1. The molecule has 82 valence electrons. The van der Waals surface area contributed by atoms with Gasteiger partial charge in [0.2, 0.25) is 0 Å². The largest absolute Gasteiger partial charge is 0.352 e. The molecule has 0 bridgehead atoms. The van der Waals surface area contributed by atoms with Crippen LogP contribution in [0.5, 0.6) is 0 Å². The third kappa shape index (κ3) is 4.34. The Bertz CT molecular complexity index is 308. The maximum absolute atomic E-state index is 11.6. The first-order valence-electron chi connectivity index (χ1n) is 5.28. The number of benzene rings is 1. The number of unbranched alkanes of at least 4 members (excludes halogenated alkanes) is 2. The van der Waals surface area contributed by atoms with Crippen LogP contribution in [0.1, 0.15) is 36.5 Å². The maximum atomic E-state index is 11.6. The van der Waals surface area contributed by atoms with Gasteiger partial charge >= 0.3 is 0 Å². The van der Waals surface area contributed by atoms with Crippen molar-refractivity contribution in [3.63, 3.8) is 0 Å². The molecular formula is C12H16ClNO. The van der Waals surface area contributed by atoms with Crippen molar-refractivity contribution in [2.45, 2.75) is 26.2 Å². The Morgan fingerprint density at radius 1 is 1.27 bits per heavy atom. The Kier molecular flexibility index (Phi) is 5.19. The summed E-state index contributed by atoms with van der Waals surface area (Å²) in [6, 6.07) is 6.92. The van der Waals surface area contributed by atoms with E-state index in [1.807, 2.05) is 0 Å². The molecule has 0 heterocycles. The van der Waals surface area contributed by atoms with Crippen LogP contribution in [0.15, 0.2) is 24.3 Å². The Morgan fingerprint density at radius 3 is 2.53 bits per heavy atom. The van der Waals surface area contributed by atoms with Crippen molar-refractivity contribution in [2.75, 3.05) is 6.54 Å². The third-order valence-electron chi connectivity index (χ3n) is 2.17. The number of rotatable bonds is 5. The van der Waals surface area contributed by atoms with Crippen LogP contribution in [-0.2, 0) is 0 Å². The second-order valence-corrected chi connectivity index (χ2v) is 3.91. The number of hydrogen-bond acceptors (Lipinski definition) is 1. The summed E-state index contributed by atoms with van der Waals surface area (Å²) >= 11 is 5.73. The van der Waals surface area contributed by atoms with E-state index in [0.717, 1.165) is 25.8 Å². The van der Waals surface area contributed by atoms with E-state index < -0.39 is 0 Å². The molecule has 0 saturated carbocycles. The highest BCUT2D eigenvalue weighted by Gasteiger charge is 2.03. The zero-order valence-electron chi connectivity index (χ0n) is 8.92. The van der Waals surface area contributed by atoms with Gasteiger partial charge < -0.3 is 5.32 Å². The van der Waals surface area contributed by atoms with Crippen LogP contribution in [-0.4, -0.2) is 12.5 Å². The predicted octanol–water partition coefficient (Wildman–Crippen LogP) is 3.26. The minimum absolute atomic E-state index is 0.0252. The van der Waals surface area contributed by atoms with Crippen LogP contribution >= 0.6 is 11.6 Å². The molecule has 3 heteroatoms. The minimum Gasteiger partial charge on any atom is -0.352 e. The van der Waals surface area contributed by atoms with E-state index >= 15 is 0 Å². The number of carbonyl (C=O) groups excluding carboxylic acids is 1. The SMILES string of the molecule is CCCCCNC(=O)c1ccc(Cl)cc1. The van der Waals surface area contributed by atoms with Crippen LogP contribution in [0, 0.1) is 0 Å². The number of carbonyl (C=O) groups is 1. The van der Waals surface area contributed by atoms with Crippen molar-refractivity contribution in [3.05, 3.63) is 34.9 Å². The first-order valence-corrected chi connectivity index (χ1v) is 5.65. The van der Waals surface area contributed by atoms with E-state index in [1.54, 1.807) is 24.3 Å². The molecule has 0 fully saturated rings. The lowest BCUT2D eigenvalue weighted by Gasteiger charge is -2.04. The molecule has 1 amide bonds. The Hall–Kier alpha value is -1.02. The molecule has 1 rings (SSSR count). The highest BCUT2D eigenvalue weighted by atomic mass is 35.5. The lowest BCUT2D eigenvalue weighted by molar-refractivity contribution is 0.0953. The van der Waals surface area contributed by atoms with Gasteiger partial charge in [0.1, 0.15) is 0 Å². The smallest absolute Gasteiger partial charge is 0.251 e. The fourth-order valence-electron chi connectivity index (χ4n) is 1.28. The summed E-state index contributed by atoms with van der Waals surface area (Å²) < 4.78 is 0. The molecule has 0 aliphatic rings. The lowest BCUT2D eigenvalue weighted by atomic mass is 10.2. The normalized spacial score (nSPS) is 10.0. The van der Waals surface area contributed by atoms with Crippen molar-refractivity contribution in [3.8, 4) is 0 Å². The van der Waals surface area contributed by atoms with Gasteiger partial charge in [-0.3, -0.25) is 4.79 Å². The van der Waals surface area contributed by atoms with Crippen molar-refractivity contribution < 1.29 is 4.79 Å². The van der Waals surface area contributed by atoms with Gasteiger partial charge in [-0.25, -0.2) is 0 Å². The van der Waals surface area contributed by atoms with Gasteiger partial charge in [-0.05, 0) is 30.7 Å². The van der Waals surface area contributed by atoms with Crippen molar-refractivity contribution in [2.24, 2.45) is 0 Å². The van der Waals surface area contributed by atoms with E-state index in [0.29, 0.717) is 10.6 Å². The first-order chi connectivity index (χ1) is 7.24. The fourth-order valence-corrected chi connectivity index (χ4v) is 1.41. The van der Waals surface area contributed by atoms with Crippen LogP contribution in [0.25, 0.3) is 0 Å². The van der Waals surface area contributed by atoms with Gasteiger partial charge in [0.05, 0.1) is 0 Å². The number of amides is 1. The van der Waals surface area contributed by atoms with Gasteiger partial charge in [0.25, 0.3) is 5.91 Å². The van der Waals surface area contributed by atoms with Gasteiger partial charge in [-0.2, -0.15) is 0 Å². The summed E-state index contributed by atoms with van der Waals surface area (Å²) in [5.41, 5.74) is 0.663. The molecule has 0 spiro atoms. The summed E-state index contributed by atoms with van der Waals surface area (Å²) in [5, 5.41) is 3.52. The molecule has 0 atom stereocenters. The predicted molar refractivity (Wildman–Crippen MR) is 63.3 cm³/mol. The quantitative estimate of drug-likeness (QED) is 0.766. The average molecular weight is 226 g/mol. The molecule has 0 aliphatic heterocycles. The summed E-state index contributed by atoms with van der Waals surface area (Å²) in [6.07, 6.45) is 3.35. The second-order valence-electron chi connectivity index (χ2n) is 3.47. The Balaban J connectivity index is 2.37.